The molecule has 3 unspecified atom stereocenters. The molecule has 1 aromatic heterocycles. The third-order valence-electron chi connectivity index (χ3n) is 3.27. The van der Waals surface area contributed by atoms with Crippen molar-refractivity contribution in [3.05, 3.63) is 22.4 Å². The molecule has 4 nitrogen and oxygen atoms in total. The second-order valence-electron chi connectivity index (χ2n) is 4.54. The van der Waals surface area contributed by atoms with Crippen molar-refractivity contribution in [1.29, 1.82) is 0 Å². The van der Waals surface area contributed by atoms with Gasteiger partial charge in [-0.05, 0) is 30.7 Å². The van der Waals surface area contributed by atoms with Crippen LogP contribution in [0.15, 0.2) is 17.5 Å². The molecule has 0 saturated carbocycles. The SMILES string of the molecule is CCC(NC(=O)C1CCC(CN)O1)c1cccs1. The minimum atomic E-state index is -0.326. The van der Waals surface area contributed by atoms with Crippen LogP contribution in [0.5, 0.6) is 0 Å². The summed E-state index contributed by atoms with van der Waals surface area (Å²) >= 11 is 1.67. The van der Waals surface area contributed by atoms with Crippen molar-refractivity contribution < 1.29 is 9.53 Å². The van der Waals surface area contributed by atoms with E-state index in [2.05, 4.69) is 18.3 Å². The first-order chi connectivity index (χ1) is 8.74. The van der Waals surface area contributed by atoms with E-state index in [0.717, 1.165) is 19.3 Å². The molecule has 0 spiro atoms. The Morgan fingerprint density at radius 2 is 2.50 bits per heavy atom. The monoisotopic (exact) mass is 268 g/mol. The first-order valence-corrected chi connectivity index (χ1v) is 7.31. The van der Waals surface area contributed by atoms with Crippen LogP contribution in [-0.4, -0.2) is 24.7 Å². The fourth-order valence-electron chi connectivity index (χ4n) is 2.20. The van der Waals surface area contributed by atoms with Crippen LogP contribution in [0, 0.1) is 0 Å². The summed E-state index contributed by atoms with van der Waals surface area (Å²) in [5, 5.41) is 5.09. The van der Waals surface area contributed by atoms with Gasteiger partial charge >= 0.3 is 0 Å². The molecule has 3 N–H and O–H groups in total. The van der Waals surface area contributed by atoms with E-state index in [-0.39, 0.29) is 24.2 Å². The van der Waals surface area contributed by atoms with E-state index in [4.69, 9.17) is 10.5 Å². The van der Waals surface area contributed by atoms with E-state index in [1.807, 2.05) is 11.4 Å². The molecule has 1 aromatic rings. The molecule has 1 fully saturated rings. The maximum atomic E-state index is 12.1. The maximum absolute atomic E-state index is 12.1. The van der Waals surface area contributed by atoms with Gasteiger partial charge in [0.1, 0.15) is 6.10 Å². The molecular formula is C13H20N2O2S. The van der Waals surface area contributed by atoms with Gasteiger partial charge in [-0.1, -0.05) is 13.0 Å². The van der Waals surface area contributed by atoms with Crippen molar-refractivity contribution in [3.63, 3.8) is 0 Å². The molecule has 1 aliphatic heterocycles. The number of carbonyl (C=O) groups excluding carboxylic acids is 1. The van der Waals surface area contributed by atoms with Crippen molar-refractivity contribution in [3.8, 4) is 0 Å². The summed E-state index contributed by atoms with van der Waals surface area (Å²) < 4.78 is 5.60. The van der Waals surface area contributed by atoms with Gasteiger partial charge in [-0.2, -0.15) is 0 Å². The number of ether oxygens (including phenoxy) is 1. The first kappa shape index (κ1) is 13.5. The zero-order valence-electron chi connectivity index (χ0n) is 10.6. The molecule has 0 aliphatic carbocycles. The molecule has 2 rings (SSSR count). The summed E-state index contributed by atoms with van der Waals surface area (Å²) in [7, 11) is 0. The van der Waals surface area contributed by atoms with Crippen molar-refractivity contribution >= 4 is 17.2 Å². The van der Waals surface area contributed by atoms with Gasteiger partial charge in [-0.25, -0.2) is 0 Å². The summed E-state index contributed by atoms with van der Waals surface area (Å²) in [5.74, 6) is -0.00815. The molecule has 5 heteroatoms. The van der Waals surface area contributed by atoms with E-state index >= 15 is 0 Å². The fourth-order valence-corrected chi connectivity index (χ4v) is 3.06. The highest BCUT2D eigenvalue weighted by Gasteiger charge is 2.30. The Labute approximate surface area is 112 Å². The predicted molar refractivity (Wildman–Crippen MR) is 72.4 cm³/mol. The van der Waals surface area contributed by atoms with Crippen LogP contribution in [0.3, 0.4) is 0 Å². The Kier molecular flexibility index (Phi) is 4.74. The lowest BCUT2D eigenvalue weighted by atomic mass is 10.1. The Hall–Kier alpha value is -0.910. The van der Waals surface area contributed by atoms with E-state index < -0.39 is 0 Å². The number of nitrogens with one attached hydrogen (secondary N) is 1. The molecule has 0 radical (unpaired) electrons. The van der Waals surface area contributed by atoms with Crippen molar-refractivity contribution in [2.45, 2.75) is 44.4 Å². The summed E-state index contributed by atoms with van der Waals surface area (Å²) in [6.45, 7) is 2.56. The number of carbonyl (C=O) groups is 1. The smallest absolute Gasteiger partial charge is 0.249 e. The van der Waals surface area contributed by atoms with Crippen LogP contribution in [0.2, 0.25) is 0 Å². The highest BCUT2D eigenvalue weighted by Crippen LogP contribution is 2.24. The molecule has 1 amide bonds. The molecule has 18 heavy (non-hydrogen) atoms. The topological polar surface area (TPSA) is 64.4 Å². The Morgan fingerprint density at radius 1 is 1.67 bits per heavy atom. The summed E-state index contributed by atoms with van der Waals surface area (Å²) in [5.41, 5.74) is 5.55. The maximum Gasteiger partial charge on any atom is 0.249 e. The van der Waals surface area contributed by atoms with E-state index in [1.54, 1.807) is 11.3 Å². The summed E-state index contributed by atoms with van der Waals surface area (Å²) in [6, 6.07) is 4.15. The second-order valence-corrected chi connectivity index (χ2v) is 5.52. The van der Waals surface area contributed by atoms with Crippen molar-refractivity contribution in [1.82, 2.24) is 5.32 Å². The number of rotatable bonds is 5. The highest BCUT2D eigenvalue weighted by molar-refractivity contribution is 7.10. The van der Waals surface area contributed by atoms with Crippen LogP contribution < -0.4 is 11.1 Å². The molecule has 2 heterocycles. The van der Waals surface area contributed by atoms with Crippen LogP contribution in [0.25, 0.3) is 0 Å². The van der Waals surface area contributed by atoms with Gasteiger partial charge in [-0.3, -0.25) is 4.79 Å². The van der Waals surface area contributed by atoms with Gasteiger partial charge in [0.2, 0.25) is 5.91 Å². The molecule has 1 aliphatic rings. The normalized spacial score (nSPS) is 25.0. The van der Waals surface area contributed by atoms with Gasteiger partial charge in [0.05, 0.1) is 12.1 Å². The third kappa shape index (κ3) is 3.10. The Balaban J connectivity index is 1.90. The van der Waals surface area contributed by atoms with Gasteiger partial charge in [0, 0.05) is 11.4 Å². The van der Waals surface area contributed by atoms with Crippen molar-refractivity contribution in [2.75, 3.05) is 6.54 Å². The number of hydrogen-bond donors (Lipinski definition) is 2. The predicted octanol–water partition coefficient (Wildman–Crippen LogP) is 1.82. The highest BCUT2D eigenvalue weighted by atomic mass is 32.1. The van der Waals surface area contributed by atoms with Gasteiger partial charge in [-0.15, -0.1) is 11.3 Å². The Bertz CT molecular complexity index is 380. The Morgan fingerprint density at radius 3 is 3.06 bits per heavy atom. The van der Waals surface area contributed by atoms with Crippen LogP contribution in [0.4, 0.5) is 0 Å². The number of nitrogens with two attached hydrogens (primary N) is 1. The van der Waals surface area contributed by atoms with Crippen LogP contribution in [-0.2, 0) is 9.53 Å². The third-order valence-corrected chi connectivity index (χ3v) is 4.26. The zero-order chi connectivity index (χ0) is 13.0. The molecule has 0 bridgehead atoms. The standard InChI is InChI=1S/C13H20N2O2S/c1-2-10(12-4-3-7-18-12)15-13(16)11-6-5-9(8-14)17-11/h3-4,7,9-11H,2,5-6,8,14H2,1H3,(H,15,16). The van der Waals surface area contributed by atoms with Crippen molar-refractivity contribution in [2.24, 2.45) is 5.73 Å². The quantitative estimate of drug-likeness (QED) is 0.856. The molecule has 1 saturated heterocycles. The molecule has 0 aromatic carbocycles. The van der Waals surface area contributed by atoms with E-state index in [9.17, 15) is 4.79 Å². The lowest BCUT2D eigenvalue weighted by Crippen LogP contribution is -2.37. The summed E-state index contributed by atoms with van der Waals surface area (Å²) in [6.07, 6.45) is 2.26. The van der Waals surface area contributed by atoms with Crippen LogP contribution >= 0.6 is 11.3 Å². The molecular weight excluding hydrogens is 248 g/mol. The fraction of sp³-hybridized carbons (Fsp3) is 0.615. The molecule has 100 valence electrons. The average Bonchev–Trinajstić information content (AvgIpc) is 3.05. The van der Waals surface area contributed by atoms with Crippen LogP contribution in [0.1, 0.15) is 37.1 Å². The number of hydrogen-bond acceptors (Lipinski definition) is 4. The van der Waals surface area contributed by atoms with E-state index in [1.165, 1.54) is 4.88 Å². The minimum Gasteiger partial charge on any atom is -0.364 e. The van der Waals surface area contributed by atoms with Gasteiger partial charge in [0.25, 0.3) is 0 Å². The summed E-state index contributed by atoms with van der Waals surface area (Å²) in [4.78, 5) is 13.3. The second kappa shape index (κ2) is 6.31. The minimum absolute atomic E-state index is 0.00815. The number of amides is 1. The van der Waals surface area contributed by atoms with E-state index in [0.29, 0.717) is 6.54 Å². The van der Waals surface area contributed by atoms with Gasteiger partial charge < -0.3 is 15.8 Å². The first-order valence-electron chi connectivity index (χ1n) is 6.44. The largest absolute Gasteiger partial charge is 0.364 e. The number of thiophene rings is 1. The lowest BCUT2D eigenvalue weighted by molar-refractivity contribution is -0.132. The molecule has 3 atom stereocenters. The zero-order valence-corrected chi connectivity index (χ0v) is 11.4. The van der Waals surface area contributed by atoms with Gasteiger partial charge in [0.15, 0.2) is 0 Å². The average molecular weight is 268 g/mol. The lowest BCUT2D eigenvalue weighted by Gasteiger charge is -2.18.